The summed E-state index contributed by atoms with van der Waals surface area (Å²) >= 11 is 1.48. The number of hydrogen-bond donors (Lipinski definition) is 0. The molecular formula is C21H20N4O3S. The smallest absolute Gasteiger partial charge is 0.247 e. The maximum atomic E-state index is 12.7. The van der Waals surface area contributed by atoms with E-state index in [0.717, 1.165) is 22.6 Å². The Morgan fingerprint density at radius 3 is 2.62 bits per heavy atom. The third-order valence-corrected chi connectivity index (χ3v) is 5.25. The lowest BCUT2D eigenvalue weighted by Gasteiger charge is -2.29. The first-order valence-corrected chi connectivity index (χ1v) is 10.2. The normalized spacial score (nSPS) is 15.0. The van der Waals surface area contributed by atoms with E-state index in [9.17, 15) is 4.79 Å². The summed E-state index contributed by atoms with van der Waals surface area (Å²) in [6.07, 6.45) is -0.697. The van der Waals surface area contributed by atoms with E-state index in [2.05, 4.69) is 15.2 Å². The molecule has 0 bridgehead atoms. The zero-order valence-corrected chi connectivity index (χ0v) is 17.1. The van der Waals surface area contributed by atoms with Crippen LogP contribution in [0, 0.1) is 0 Å². The first-order chi connectivity index (χ1) is 14.1. The van der Waals surface area contributed by atoms with Crippen molar-refractivity contribution in [3.63, 3.8) is 0 Å². The fraction of sp³-hybridized carbons (Fsp3) is 0.238. The van der Waals surface area contributed by atoms with E-state index in [0.29, 0.717) is 22.4 Å². The van der Waals surface area contributed by atoms with Crippen LogP contribution in [0.5, 0.6) is 11.6 Å². The number of anilines is 1. The number of methoxy groups -OCH3 is 1. The lowest BCUT2D eigenvalue weighted by atomic mass is 10.1. The van der Waals surface area contributed by atoms with Crippen molar-refractivity contribution in [3.8, 4) is 22.9 Å². The molecule has 1 atom stereocenters. The third-order valence-electron chi connectivity index (χ3n) is 4.53. The van der Waals surface area contributed by atoms with Gasteiger partial charge in [0, 0.05) is 18.1 Å². The lowest BCUT2D eigenvalue weighted by Crippen LogP contribution is -2.36. The van der Waals surface area contributed by atoms with E-state index in [1.165, 1.54) is 18.7 Å². The number of carbonyl (C=O) groups is 1. The van der Waals surface area contributed by atoms with Crippen molar-refractivity contribution < 1.29 is 14.3 Å². The van der Waals surface area contributed by atoms with E-state index < -0.39 is 6.23 Å². The number of ether oxygens (including phenoxy) is 2. The minimum absolute atomic E-state index is 0.151. The minimum Gasteiger partial charge on any atom is -0.497 e. The van der Waals surface area contributed by atoms with Crippen LogP contribution < -0.4 is 14.4 Å². The van der Waals surface area contributed by atoms with Crippen molar-refractivity contribution >= 4 is 23.4 Å². The zero-order valence-electron chi connectivity index (χ0n) is 16.3. The van der Waals surface area contributed by atoms with Gasteiger partial charge in [0.25, 0.3) is 0 Å². The van der Waals surface area contributed by atoms with Crippen molar-refractivity contribution in [1.29, 1.82) is 0 Å². The zero-order chi connectivity index (χ0) is 20.4. The number of para-hydroxylation sites is 1. The summed E-state index contributed by atoms with van der Waals surface area (Å²) in [5.74, 6) is 1.75. The molecule has 29 heavy (non-hydrogen) atoms. The average molecular weight is 408 g/mol. The largest absolute Gasteiger partial charge is 0.497 e. The van der Waals surface area contributed by atoms with Crippen molar-refractivity contribution in [2.45, 2.75) is 25.2 Å². The van der Waals surface area contributed by atoms with Gasteiger partial charge < -0.3 is 9.47 Å². The van der Waals surface area contributed by atoms with Crippen LogP contribution in [-0.2, 0) is 4.79 Å². The maximum Gasteiger partial charge on any atom is 0.247 e. The van der Waals surface area contributed by atoms with Gasteiger partial charge in [-0.25, -0.2) is 0 Å². The molecular weight excluding hydrogens is 388 g/mol. The molecule has 8 heteroatoms. The molecule has 1 aliphatic heterocycles. The molecule has 0 radical (unpaired) electrons. The Hall–Kier alpha value is -3.13. The number of rotatable bonds is 4. The van der Waals surface area contributed by atoms with Crippen LogP contribution in [0.15, 0.2) is 53.7 Å². The number of thioether (sulfide) groups is 1. The van der Waals surface area contributed by atoms with E-state index in [1.807, 2.05) is 55.5 Å². The SMILES string of the molecule is CCSc1nnc2c(n1)O[C@H](c1ccc(OC)cc1)N(C(C)=O)c1ccccc1-2. The first kappa shape index (κ1) is 19.2. The Morgan fingerprint density at radius 2 is 1.93 bits per heavy atom. The van der Waals surface area contributed by atoms with Gasteiger partial charge in [-0.3, -0.25) is 9.69 Å². The van der Waals surface area contributed by atoms with Gasteiger partial charge >= 0.3 is 0 Å². The predicted octanol–water partition coefficient (Wildman–Crippen LogP) is 4.10. The summed E-state index contributed by atoms with van der Waals surface area (Å²) in [5.41, 5.74) is 2.77. The number of nitrogens with zero attached hydrogens (tertiary/aromatic N) is 4. The highest BCUT2D eigenvalue weighted by Crippen LogP contribution is 2.43. The van der Waals surface area contributed by atoms with Crippen LogP contribution in [0.2, 0.25) is 0 Å². The molecule has 148 valence electrons. The van der Waals surface area contributed by atoms with Crippen molar-refractivity contribution in [2.24, 2.45) is 0 Å². The Labute approximate surface area is 173 Å². The Balaban J connectivity index is 1.91. The van der Waals surface area contributed by atoms with Gasteiger partial charge in [-0.15, -0.1) is 10.2 Å². The van der Waals surface area contributed by atoms with Gasteiger partial charge in [-0.05, 0) is 36.1 Å². The van der Waals surface area contributed by atoms with Crippen molar-refractivity contribution in [3.05, 3.63) is 54.1 Å². The Kier molecular flexibility index (Phi) is 5.35. The highest BCUT2D eigenvalue weighted by atomic mass is 32.2. The highest BCUT2D eigenvalue weighted by molar-refractivity contribution is 7.99. The van der Waals surface area contributed by atoms with Crippen LogP contribution in [0.1, 0.15) is 25.6 Å². The average Bonchev–Trinajstić information content (AvgIpc) is 2.88. The summed E-state index contributed by atoms with van der Waals surface area (Å²) in [6, 6.07) is 15.0. The minimum atomic E-state index is -0.697. The molecule has 3 aromatic rings. The molecule has 1 amide bonds. The topological polar surface area (TPSA) is 77.4 Å². The highest BCUT2D eigenvalue weighted by Gasteiger charge is 2.34. The Bertz CT molecular complexity index is 1040. The standard InChI is InChI=1S/C21H20N4O3S/c1-4-29-21-22-19-18(23-24-21)16-7-5-6-8-17(16)25(13(2)26)20(28-19)14-9-11-15(27-3)12-10-14/h5-12,20H,4H2,1-3H3/t20-/m1/s1. The number of fused-ring (bicyclic) bond motifs is 3. The van der Waals surface area contributed by atoms with E-state index in [-0.39, 0.29) is 5.91 Å². The van der Waals surface area contributed by atoms with Crippen LogP contribution in [-0.4, -0.2) is 34.0 Å². The van der Waals surface area contributed by atoms with Gasteiger partial charge in [0.1, 0.15) is 5.75 Å². The van der Waals surface area contributed by atoms with Gasteiger partial charge in [0.15, 0.2) is 5.69 Å². The van der Waals surface area contributed by atoms with Gasteiger partial charge in [0.2, 0.25) is 23.2 Å². The van der Waals surface area contributed by atoms with E-state index >= 15 is 0 Å². The molecule has 0 saturated heterocycles. The second kappa shape index (κ2) is 8.08. The van der Waals surface area contributed by atoms with E-state index in [1.54, 1.807) is 12.0 Å². The second-order valence-electron chi connectivity index (χ2n) is 6.33. The summed E-state index contributed by atoms with van der Waals surface area (Å²) in [4.78, 5) is 18.9. The second-order valence-corrected chi connectivity index (χ2v) is 7.56. The lowest BCUT2D eigenvalue weighted by molar-refractivity contribution is -0.118. The predicted molar refractivity (Wildman–Crippen MR) is 111 cm³/mol. The molecule has 2 heterocycles. The molecule has 0 aliphatic carbocycles. The van der Waals surface area contributed by atoms with Crippen molar-refractivity contribution in [1.82, 2.24) is 15.2 Å². The molecule has 1 aromatic heterocycles. The fourth-order valence-corrected chi connectivity index (χ4v) is 3.73. The maximum absolute atomic E-state index is 12.7. The quantitative estimate of drug-likeness (QED) is 0.601. The molecule has 1 aliphatic rings. The van der Waals surface area contributed by atoms with Gasteiger partial charge in [-0.1, -0.05) is 36.9 Å². The van der Waals surface area contributed by atoms with Crippen LogP contribution >= 0.6 is 11.8 Å². The Morgan fingerprint density at radius 1 is 1.17 bits per heavy atom. The molecule has 0 unspecified atom stereocenters. The number of aromatic nitrogens is 3. The summed E-state index contributed by atoms with van der Waals surface area (Å²) in [7, 11) is 1.61. The number of benzene rings is 2. The van der Waals surface area contributed by atoms with Crippen LogP contribution in [0.25, 0.3) is 11.3 Å². The molecule has 0 spiro atoms. The first-order valence-electron chi connectivity index (χ1n) is 9.19. The van der Waals surface area contributed by atoms with Gasteiger partial charge in [-0.2, -0.15) is 4.98 Å². The van der Waals surface area contributed by atoms with Crippen LogP contribution in [0.3, 0.4) is 0 Å². The summed E-state index contributed by atoms with van der Waals surface area (Å²) in [6.45, 7) is 3.54. The monoisotopic (exact) mass is 408 g/mol. The fourth-order valence-electron chi connectivity index (χ4n) is 3.23. The molecule has 0 fully saturated rings. The molecule has 4 rings (SSSR count). The molecule has 0 N–H and O–H groups in total. The molecule has 7 nitrogen and oxygen atoms in total. The van der Waals surface area contributed by atoms with Crippen molar-refractivity contribution in [2.75, 3.05) is 17.8 Å². The number of carbonyl (C=O) groups excluding carboxylic acids is 1. The van der Waals surface area contributed by atoms with Crippen LogP contribution in [0.4, 0.5) is 5.69 Å². The number of amides is 1. The summed E-state index contributed by atoms with van der Waals surface area (Å²) in [5, 5.41) is 9.12. The molecule has 0 saturated carbocycles. The van der Waals surface area contributed by atoms with Gasteiger partial charge in [0.05, 0.1) is 12.8 Å². The number of hydrogen-bond acceptors (Lipinski definition) is 7. The third kappa shape index (κ3) is 3.63. The van der Waals surface area contributed by atoms with E-state index in [4.69, 9.17) is 9.47 Å². The molecule has 2 aromatic carbocycles. The summed E-state index contributed by atoms with van der Waals surface area (Å²) < 4.78 is 11.6.